The molecule has 0 aliphatic carbocycles. The van der Waals surface area contributed by atoms with Crippen molar-refractivity contribution in [1.29, 1.82) is 0 Å². The van der Waals surface area contributed by atoms with E-state index in [-0.39, 0.29) is 11.2 Å². The zero-order valence-electron chi connectivity index (χ0n) is 19.4. The van der Waals surface area contributed by atoms with Crippen LogP contribution in [0.3, 0.4) is 0 Å². The van der Waals surface area contributed by atoms with E-state index in [1.165, 1.54) is 5.56 Å². The van der Waals surface area contributed by atoms with E-state index in [0.717, 1.165) is 28.2 Å². The van der Waals surface area contributed by atoms with Gasteiger partial charge in [0.2, 0.25) is 11.2 Å². The number of aryl methyl sites for hydroxylation is 3. The number of hydrogen-bond donors (Lipinski definition) is 0. The minimum atomic E-state index is -0.173. The fourth-order valence-corrected chi connectivity index (χ4v) is 3.75. The van der Waals surface area contributed by atoms with Gasteiger partial charge in [0.05, 0.1) is 25.7 Å². The van der Waals surface area contributed by atoms with Gasteiger partial charge in [-0.15, -0.1) is 0 Å². The van der Waals surface area contributed by atoms with E-state index in [9.17, 15) is 4.79 Å². The van der Waals surface area contributed by atoms with E-state index in [2.05, 4.69) is 0 Å². The van der Waals surface area contributed by atoms with Crippen LogP contribution in [0, 0.1) is 20.8 Å². The van der Waals surface area contributed by atoms with Crippen molar-refractivity contribution in [3.63, 3.8) is 0 Å². The number of methoxy groups -OCH3 is 1. The van der Waals surface area contributed by atoms with Crippen molar-refractivity contribution in [2.24, 2.45) is 0 Å². The van der Waals surface area contributed by atoms with Crippen LogP contribution in [0.1, 0.15) is 23.1 Å². The van der Waals surface area contributed by atoms with Crippen LogP contribution in [0.15, 0.2) is 69.9 Å². The lowest BCUT2D eigenvalue weighted by Crippen LogP contribution is -2.13. The van der Waals surface area contributed by atoms with Gasteiger partial charge in [0.15, 0.2) is 5.76 Å². The van der Waals surface area contributed by atoms with Crippen molar-refractivity contribution in [3.8, 4) is 28.6 Å². The van der Waals surface area contributed by atoms with Crippen LogP contribution in [0.25, 0.3) is 22.3 Å². The average Bonchev–Trinajstić information content (AvgIpc) is 2.81. The van der Waals surface area contributed by atoms with Crippen LogP contribution in [0.5, 0.6) is 17.2 Å². The van der Waals surface area contributed by atoms with Crippen LogP contribution in [-0.4, -0.2) is 20.3 Å². The first-order chi connectivity index (χ1) is 16.0. The molecule has 5 heteroatoms. The Morgan fingerprint density at radius 1 is 0.788 bits per heavy atom. The molecule has 0 spiro atoms. The standard InChI is InChI=1S/C28H28O5/c1-18-6-10-23(11-7-18)31-14-5-15-32-28-25(29)24-17-19(2)16-20(3)26(24)33-27(28)21-8-12-22(30-4)13-9-21/h6-13,16-17H,5,14-15H2,1-4H3. The lowest BCUT2D eigenvalue weighted by molar-refractivity contribution is 0.244. The summed E-state index contributed by atoms with van der Waals surface area (Å²) in [6, 6.07) is 19.2. The van der Waals surface area contributed by atoms with E-state index in [0.29, 0.717) is 36.4 Å². The molecule has 0 aliphatic rings. The summed E-state index contributed by atoms with van der Waals surface area (Å²) in [6.45, 7) is 6.76. The second kappa shape index (κ2) is 9.82. The van der Waals surface area contributed by atoms with Gasteiger partial charge in [0.25, 0.3) is 0 Å². The smallest absolute Gasteiger partial charge is 0.235 e. The van der Waals surface area contributed by atoms with Crippen LogP contribution < -0.4 is 19.6 Å². The Labute approximate surface area is 193 Å². The molecule has 0 bridgehead atoms. The van der Waals surface area contributed by atoms with Gasteiger partial charge < -0.3 is 18.6 Å². The molecule has 0 amide bonds. The first-order valence-corrected chi connectivity index (χ1v) is 11.0. The van der Waals surface area contributed by atoms with Crippen molar-refractivity contribution in [2.45, 2.75) is 27.2 Å². The molecule has 0 fully saturated rings. The SMILES string of the molecule is COc1ccc(-c2oc3c(C)cc(C)cc3c(=O)c2OCCCOc2ccc(C)cc2)cc1. The summed E-state index contributed by atoms with van der Waals surface area (Å²) >= 11 is 0. The van der Waals surface area contributed by atoms with Crippen molar-refractivity contribution >= 4 is 11.0 Å². The summed E-state index contributed by atoms with van der Waals surface area (Å²) in [5, 5.41) is 0.524. The average molecular weight is 445 g/mol. The van der Waals surface area contributed by atoms with Gasteiger partial charge in [0.1, 0.15) is 17.1 Å². The second-order valence-electron chi connectivity index (χ2n) is 8.14. The number of fused-ring (bicyclic) bond motifs is 1. The number of hydrogen-bond acceptors (Lipinski definition) is 5. The van der Waals surface area contributed by atoms with Gasteiger partial charge in [-0.25, -0.2) is 0 Å². The second-order valence-corrected chi connectivity index (χ2v) is 8.14. The minimum Gasteiger partial charge on any atom is -0.497 e. The summed E-state index contributed by atoms with van der Waals surface area (Å²) in [7, 11) is 1.62. The minimum absolute atomic E-state index is 0.173. The van der Waals surface area contributed by atoms with Crippen molar-refractivity contribution in [1.82, 2.24) is 0 Å². The maximum atomic E-state index is 13.4. The predicted molar refractivity (Wildman–Crippen MR) is 131 cm³/mol. The van der Waals surface area contributed by atoms with Crippen LogP contribution in [0.2, 0.25) is 0 Å². The number of benzene rings is 3. The zero-order chi connectivity index (χ0) is 23.4. The van der Waals surface area contributed by atoms with Gasteiger partial charge in [0, 0.05) is 12.0 Å². The molecule has 33 heavy (non-hydrogen) atoms. The highest BCUT2D eigenvalue weighted by Crippen LogP contribution is 2.33. The van der Waals surface area contributed by atoms with E-state index in [1.807, 2.05) is 81.4 Å². The molecule has 0 saturated heterocycles. The van der Waals surface area contributed by atoms with Gasteiger partial charge in [-0.2, -0.15) is 0 Å². The molecule has 4 aromatic rings. The molecular weight excluding hydrogens is 416 g/mol. The van der Waals surface area contributed by atoms with E-state index >= 15 is 0 Å². The number of rotatable bonds is 8. The molecule has 1 heterocycles. The Morgan fingerprint density at radius 2 is 1.45 bits per heavy atom. The van der Waals surface area contributed by atoms with Gasteiger partial charge in [-0.3, -0.25) is 4.79 Å². The lowest BCUT2D eigenvalue weighted by atomic mass is 10.1. The third-order valence-electron chi connectivity index (χ3n) is 5.46. The van der Waals surface area contributed by atoms with Gasteiger partial charge in [-0.1, -0.05) is 23.8 Å². The molecule has 0 unspecified atom stereocenters. The third kappa shape index (κ3) is 5.03. The molecule has 1 aromatic heterocycles. The molecule has 4 rings (SSSR count). The van der Waals surface area contributed by atoms with Crippen LogP contribution in [0.4, 0.5) is 0 Å². The molecule has 0 radical (unpaired) electrons. The molecule has 0 aliphatic heterocycles. The van der Waals surface area contributed by atoms with Crippen molar-refractivity contribution in [2.75, 3.05) is 20.3 Å². The van der Waals surface area contributed by atoms with E-state index in [4.69, 9.17) is 18.6 Å². The Kier molecular flexibility index (Phi) is 6.68. The van der Waals surface area contributed by atoms with Crippen molar-refractivity contribution in [3.05, 3.63) is 87.6 Å². The topological polar surface area (TPSA) is 57.9 Å². The van der Waals surface area contributed by atoms with Crippen molar-refractivity contribution < 1.29 is 18.6 Å². The normalized spacial score (nSPS) is 10.9. The van der Waals surface area contributed by atoms with Crippen LogP contribution >= 0.6 is 0 Å². The molecule has 0 saturated carbocycles. The monoisotopic (exact) mass is 444 g/mol. The fraction of sp³-hybridized carbons (Fsp3) is 0.250. The largest absolute Gasteiger partial charge is 0.497 e. The molecular formula is C28H28O5. The maximum Gasteiger partial charge on any atom is 0.235 e. The summed E-state index contributed by atoms with van der Waals surface area (Å²) in [6.07, 6.45) is 0.625. The number of ether oxygens (including phenoxy) is 3. The third-order valence-corrected chi connectivity index (χ3v) is 5.46. The Morgan fingerprint density at radius 3 is 2.15 bits per heavy atom. The fourth-order valence-electron chi connectivity index (χ4n) is 3.75. The summed E-state index contributed by atoms with van der Waals surface area (Å²) < 4.78 is 23.3. The predicted octanol–water partition coefficient (Wildman–Crippen LogP) is 6.24. The first-order valence-electron chi connectivity index (χ1n) is 11.0. The quantitative estimate of drug-likeness (QED) is 0.301. The lowest BCUT2D eigenvalue weighted by Gasteiger charge is -2.14. The first kappa shape index (κ1) is 22.5. The van der Waals surface area contributed by atoms with Crippen LogP contribution in [-0.2, 0) is 0 Å². The molecule has 5 nitrogen and oxygen atoms in total. The van der Waals surface area contributed by atoms with Gasteiger partial charge in [-0.05, 0) is 74.4 Å². The molecule has 3 aromatic carbocycles. The Hall–Kier alpha value is -3.73. The highest BCUT2D eigenvalue weighted by Gasteiger charge is 2.19. The maximum absolute atomic E-state index is 13.4. The molecule has 0 atom stereocenters. The molecule has 0 N–H and O–H groups in total. The Balaban J connectivity index is 1.60. The summed E-state index contributed by atoms with van der Waals surface area (Å²) in [5.41, 5.74) is 4.25. The van der Waals surface area contributed by atoms with Gasteiger partial charge >= 0.3 is 0 Å². The summed E-state index contributed by atoms with van der Waals surface area (Å²) in [4.78, 5) is 13.4. The Bertz CT molecular complexity index is 1300. The highest BCUT2D eigenvalue weighted by molar-refractivity contribution is 5.85. The summed E-state index contributed by atoms with van der Waals surface area (Å²) in [5.74, 6) is 2.18. The van der Waals surface area contributed by atoms with E-state index in [1.54, 1.807) is 7.11 Å². The van der Waals surface area contributed by atoms with E-state index < -0.39 is 0 Å². The highest BCUT2D eigenvalue weighted by atomic mass is 16.5. The molecule has 170 valence electrons. The zero-order valence-corrected chi connectivity index (χ0v) is 19.4.